The molecular weight excluding hydrogens is 350 g/mol. The van der Waals surface area contributed by atoms with Crippen molar-refractivity contribution in [1.82, 2.24) is 19.5 Å². The van der Waals surface area contributed by atoms with Crippen LogP contribution in [0.2, 0.25) is 0 Å². The third-order valence-corrected chi connectivity index (χ3v) is 4.07. The van der Waals surface area contributed by atoms with Crippen molar-refractivity contribution < 1.29 is 4.79 Å². The Morgan fingerprint density at radius 1 is 1.20 bits per heavy atom. The van der Waals surface area contributed by atoms with Crippen LogP contribution >= 0.6 is 11.3 Å². The summed E-state index contributed by atoms with van der Waals surface area (Å²) < 4.78 is 0.890. The van der Waals surface area contributed by atoms with Crippen LogP contribution in [0, 0.1) is 0 Å². The number of aromatic nitrogens is 4. The molecule has 25 heavy (non-hydrogen) atoms. The molecule has 4 N–H and O–H groups in total. The molecule has 1 amide bonds. The second-order valence-corrected chi connectivity index (χ2v) is 5.97. The molecular formula is C14H11N5O5S. The summed E-state index contributed by atoms with van der Waals surface area (Å²) in [6, 6.07) is 4.48. The molecule has 0 aliphatic heterocycles. The third-order valence-electron chi connectivity index (χ3n) is 3.21. The highest BCUT2D eigenvalue weighted by Gasteiger charge is 2.16. The fourth-order valence-electron chi connectivity index (χ4n) is 2.10. The van der Waals surface area contributed by atoms with Crippen LogP contribution in [0.5, 0.6) is 0 Å². The van der Waals surface area contributed by atoms with Crippen molar-refractivity contribution in [1.29, 1.82) is 0 Å². The molecule has 11 heteroatoms. The van der Waals surface area contributed by atoms with Gasteiger partial charge in [-0.3, -0.25) is 28.9 Å². The van der Waals surface area contributed by atoms with E-state index in [0.29, 0.717) is 0 Å². The van der Waals surface area contributed by atoms with Crippen molar-refractivity contribution in [3.8, 4) is 0 Å². The molecule has 3 rings (SSSR count). The lowest BCUT2D eigenvalue weighted by atomic mass is 10.3. The normalized spacial score (nSPS) is 10.6. The van der Waals surface area contributed by atoms with Crippen molar-refractivity contribution in [2.45, 2.75) is 6.54 Å². The van der Waals surface area contributed by atoms with Crippen LogP contribution < -0.4 is 27.8 Å². The van der Waals surface area contributed by atoms with Crippen molar-refractivity contribution >= 4 is 23.1 Å². The van der Waals surface area contributed by atoms with Crippen molar-refractivity contribution in [2.24, 2.45) is 0 Å². The molecule has 128 valence electrons. The van der Waals surface area contributed by atoms with Crippen LogP contribution in [-0.2, 0) is 6.54 Å². The highest BCUT2D eigenvalue weighted by Crippen LogP contribution is 2.08. The molecule has 0 radical (unpaired) electrons. The van der Waals surface area contributed by atoms with Crippen LogP contribution in [0.3, 0.4) is 0 Å². The van der Waals surface area contributed by atoms with Gasteiger partial charge in [0.1, 0.15) is 11.4 Å². The number of carbonyl (C=O) groups is 1. The molecule has 0 aromatic carbocycles. The Morgan fingerprint density at radius 3 is 2.68 bits per heavy atom. The highest BCUT2D eigenvalue weighted by molar-refractivity contribution is 7.09. The smallest absolute Gasteiger partial charge is 0.313 e. The Bertz CT molecular complexity index is 1120. The van der Waals surface area contributed by atoms with Crippen LogP contribution in [-0.4, -0.2) is 25.4 Å². The van der Waals surface area contributed by atoms with E-state index in [9.17, 15) is 24.0 Å². The summed E-state index contributed by atoms with van der Waals surface area (Å²) >= 11 is 1.36. The van der Waals surface area contributed by atoms with Crippen molar-refractivity contribution in [2.75, 3.05) is 5.32 Å². The second-order valence-electron chi connectivity index (χ2n) is 4.93. The Morgan fingerprint density at radius 2 is 2.00 bits per heavy atom. The van der Waals surface area contributed by atoms with Gasteiger partial charge < -0.3 is 10.3 Å². The topological polar surface area (TPSA) is 150 Å². The van der Waals surface area contributed by atoms with E-state index in [2.05, 4.69) is 15.3 Å². The molecule has 10 nitrogen and oxygen atoms in total. The van der Waals surface area contributed by atoms with Gasteiger partial charge in [0.15, 0.2) is 0 Å². The van der Waals surface area contributed by atoms with E-state index in [0.717, 1.165) is 21.7 Å². The standard InChI is InChI=1S/C14H11N5O5S/c20-10-4-9(17-13(23)18-10)16-11(21)8-5-15-14(24)19(12(8)22)6-7-2-1-3-25-7/h1-5H,6H2,(H,15,24)(H3,16,17,18,20,21,23). The van der Waals surface area contributed by atoms with Crippen LogP contribution in [0.25, 0.3) is 0 Å². The van der Waals surface area contributed by atoms with Gasteiger partial charge >= 0.3 is 11.4 Å². The monoisotopic (exact) mass is 361 g/mol. The maximum Gasteiger partial charge on any atom is 0.328 e. The predicted octanol–water partition coefficient (Wildman–Crippen LogP) is -0.725. The van der Waals surface area contributed by atoms with Gasteiger partial charge in [0, 0.05) is 17.1 Å². The van der Waals surface area contributed by atoms with E-state index in [-0.39, 0.29) is 17.9 Å². The van der Waals surface area contributed by atoms with Crippen LogP contribution in [0.4, 0.5) is 5.82 Å². The van der Waals surface area contributed by atoms with Crippen LogP contribution in [0.15, 0.2) is 49.0 Å². The number of nitrogens with zero attached hydrogens (tertiary/aromatic N) is 1. The van der Waals surface area contributed by atoms with Gasteiger partial charge in [-0.1, -0.05) is 6.07 Å². The molecule has 0 aliphatic carbocycles. The largest absolute Gasteiger partial charge is 0.328 e. The maximum absolute atomic E-state index is 12.4. The SMILES string of the molecule is O=C(Nc1cc(=O)[nH]c(=O)[nH]1)c1c[nH]c(=O)n(Cc2cccs2)c1=O. The number of hydrogen-bond donors (Lipinski definition) is 4. The molecule has 0 bridgehead atoms. The Hall–Kier alpha value is -3.47. The molecule has 0 aliphatic rings. The summed E-state index contributed by atoms with van der Waals surface area (Å²) in [7, 11) is 0. The number of thiophene rings is 1. The summed E-state index contributed by atoms with van der Waals surface area (Å²) in [6.07, 6.45) is 0.982. The third kappa shape index (κ3) is 3.55. The molecule has 0 saturated carbocycles. The fraction of sp³-hybridized carbons (Fsp3) is 0.0714. The maximum atomic E-state index is 12.4. The van der Waals surface area contributed by atoms with E-state index < -0.39 is 28.4 Å². The van der Waals surface area contributed by atoms with Gasteiger partial charge in [0.25, 0.3) is 17.0 Å². The first kappa shape index (κ1) is 16.4. The van der Waals surface area contributed by atoms with Gasteiger partial charge in [0.05, 0.1) is 6.54 Å². The van der Waals surface area contributed by atoms with Gasteiger partial charge in [-0.05, 0) is 11.4 Å². The minimum Gasteiger partial charge on any atom is -0.313 e. The lowest BCUT2D eigenvalue weighted by molar-refractivity contribution is 0.102. The van der Waals surface area contributed by atoms with Gasteiger partial charge in [-0.15, -0.1) is 11.3 Å². The van der Waals surface area contributed by atoms with Gasteiger partial charge in [-0.25, -0.2) is 9.59 Å². The zero-order chi connectivity index (χ0) is 18.0. The number of anilines is 1. The van der Waals surface area contributed by atoms with Crippen LogP contribution in [0.1, 0.15) is 15.2 Å². The number of hydrogen-bond acceptors (Lipinski definition) is 6. The van der Waals surface area contributed by atoms with E-state index >= 15 is 0 Å². The number of amides is 1. The van der Waals surface area contributed by atoms with Crippen molar-refractivity contribution in [3.05, 3.63) is 81.9 Å². The minimum atomic E-state index is -0.873. The quantitative estimate of drug-likeness (QED) is 0.483. The first-order valence-electron chi connectivity index (χ1n) is 6.94. The Balaban J connectivity index is 1.95. The van der Waals surface area contributed by atoms with Crippen molar-refractivity contribution in [3.63, 3.8) is 0 Å². The van der Waals surface area contributed by atoms with E-state index in [4.69, 9.17) is 0 Å². The first-order chi connectivity index (χ1) is 11.9. The van der Waals surface area contributed by atoms with Gasteiger partial charge in [-0.2, -0.15) is 0 Å². The van der Waals surface area contributed by atoms with E-state index in [1.54, 1.807) is 17.5 Å². The summed E-state index contributed by atoms with van der Waals surface area (Å²) in [5.41, 5.74) is -3.30. The average molecular weight is 361 g/mol. The Labute approximate surface area is 141 Å². The molecule has 0 saturated heterocycles. The molecule has 0 spiro atoms. The molecule has 3 aromatic rings. The van der Waals surface area contributed by atoms with E-state index in [1.165, 1.54) is 11.3 Å². The molecule has 3 aromatic heterocycles. The number of H-pyrrole nitrogens is 3. The van der Waals surface area contributed by atoms with E-state index in [1.807, 2.05) is 4.98 Å². The molecule has 3 heterocycles. The predicted molar refractivity (Wildman–Crippen MR) is 90.4 cm³/mol. The summed E-state index contributed by atoms with van der Waals surface area (Å²) in [5.74, 6) is -1.04. The summed E-state index contributed by atoms with van der Waals surface area (Å²) in [6.45, 7) is 0.0226. The summed E-state index contributed by atoms with van der Waals surface area (Å²) in [5, 5.41) is 4.04. The number of rotatable bonds is 4. The number of nitrogens with one attached hydrogen (secondary N) is 4. The van der Waals surface area contributed by atoms with Gasteiger partial charge in [0.2, 0.25) is 0 Å². The molecule has 0 unspecified atom stereocenters. The zero-order valence-corrected chi connectivity index (χ0v) is 13.3. The lowest BCUT2D eigenvalue weighted by Crippen LogP contribution is -2.39. The summed E-state index contributed by atoms with van der Waals surface area (Å²) in [4.78, 5) is 66.2. The molecule has 0 atom stereocenters. The minimum absolute atomic E-state index is 0.0226. The number of aromatic amines is 3. The lowest BCUT2D eigenvalue weighted by Gasteiger charge is -2.07. The zero-order valence-electron chi connectivity index (χ0n) is 12.5. The Kier molecular flexibility index (Phi) is 4.31. The highest BCUT2D eigenvalue weighted by atomic mass is 32.1. The number of carbonyl (C=O) groups excluding carboxylic acids is 1. The second kappa shape index (κ2) is 6.57. The fourth-order valence-corrected chi connectivity index (χ4v) is 2.79. The first-order valence-corrected chi connectivity index (χ1v) is 7.82. The molecule has 0 fully saturated rings. The average Bonchev–Trinajstić information content (AvgIpc) is 3.03.